The van der Waals surface area contributed by atoms with E-state index in [1.54, 1.807) is 6.92 Å². The highest BCUT2D eigenvalue weighted by atomic mass is 16.3. The fourth-order valence-corrected chi connectivity index (χ4v) is 6.65. The van der Waals surface area contributed by atoms with Gasteiger partial charge in [-0.25, -0.2) is 9.97 Å². The summed E-state index contributed by atoms with van der Waals surface area (Å²) in [5, 5.41) is 27.3. The second kappa shape index (κ2) is 15.9. The van der Waals surface area contributed by atoms with Crippen molar-refractivity contribution < 1.29 is 19.1 Å². The molecule has 6 aromatic rings. The predicted molar refractivity (Wildman–Crippen MR) is 195 cm³/mol. The maximum Gasteiger partial charge on any atom is 0.373 e. The van der Waals surface area contributed by atoms with Gasteiger partial charge in [-0.05, 0) is 116 Å². The number of carbonyl (C=O) groups excluding carboxylic acids is 2. The first-order chi connectivity index (χ1) is 24.8. The molecule has 4 heterocycles. The Bertz CT molecular complexity index is 2260. The lowest BCUT2D eigenvalue weighted by Gasteiger charge is -2.17. The Morgan fingerprint density at radius 1 is 0.961 bits per heavy atom. The van der Waals surface area contributed by atoms with E-state index >= 15 is 0 Å². The van der Waals surface area contributed by atoms with Crippen LogP contribution in [0.25, 0.3) is 44.6 Å². The number of likely N-dealkylation sites (tertiary alicyclic amines) is 1. The first kappa shape index (κ1) is 35.1. The van der Waals surface area contributed by atoms with Gasteiger partial charge in [0.15, 0.2) is 11.4 Å². The van der Waals surface area contributed by atoms with E-state index in [4.69, 9.17) is 24.0 Å². The number of pyridine rings is 2. The van der Waals surface area contributed by atoms with Crippen LogP contribution in [0.3, 0.4) is 0 Å². The number of aromatic nitrogens is 3. The van der Waals surface area contributed by atoms with Crippen molar-refractivity contribution in [3.63, 3.8) is 0 Å². The average Bonchev–Trinajstić information content (AvgIpc) is 3.79. The molecule has 3 aromatic heterocycles. The highest BCUT2D eigenvalue weighted by Crippen LogP contribution is 2.37. The van der Waals surface area contributed by atoms with Gasteiger partial charge in [-0.15, -0.1) is 0 Å². The van der Waals surface area contributed by atoms with Gasteiger partial charge in [0.1, 0.15) is 17.1 Å². The minimum Gasteiger partial charge on any atom is -0.435 e. The van der Waals surface area contributed by atoms with Crippen LogP contribution in [0.15, 0.2) is 77.5 Å². The van der Waals surface area contributed by atoms with Crippen LogP contribution in [0.4, 0.5) is 11.5 Å². The number of hydrogen-bond donors (Lipinski definition) is 3. The fraction of sp³-hybridized carbons (Fsp3) is 0.275. The Labute approximate surface area is 296 Å². The summed E-state index contributed by atoms with van der Waals surface area (Å²) in [6.45, 7) is 10.1. The lowest BCUT2D eigenvalue weighted by Crippen LogP contribution is -2.23. The molecule has 1 saturated heterocycles. The number of fused-ring (bicyclic) bond motifs is 2. The van der Waals surface area contributed by atoms with Crippen molar-refractivity contribution in [1.82, 2.24) is 25.2 Å². The first-order valence-corrected chi connectivity index (χ1v) is 16.9. The molecule has 0 unspecified atom stereocenters. The number of aliphatic hydroxyl groups excluding tert-OH is 1. The smallest absolute Gasteiger partial charge is 0.373 e. The van der Waals surface area contributed by atoms with Crippen molar-refractivity contribution in [2.45, 2.75) is 52.8 Å². The van der Waals surface area contributed by atoms with Gasteiger partial charge in [0, 0.05) is 48.7 Å². The lowest BCUT2D eigenvalue weighted by atomic mass is 9.93. The van der Waals surface area contributed by atoms with E-state index in [2.05, 4.69) is 70.8 Å². The van der Waals surface area contributed by atoms with Crippen molar-refractivity contribution in [2.24, 2.45) is 0 Å². The molecular weight excluding hydrogens is 642 g/mol. The minimum atomic E-state index is -0.456. The summed E-state index contributed by atoms with van der Waals surface area (Å²) >= 11 is 0. The van der Waals surface area contributed by atoms with Crippen LogP contribution in [0.1, 0.15) is 47.6 Å². The molecule has 1 aliphatic rings. The van der Waals surface area contributed by atoms with Crippen LogP contribution in [0, 0.1) is 25.2 Å². The van der Waals surface area contributed by atoms with E-state index in [0.717, 1.165) is 75.4 Å². The van der Waals surface area contributed by atoms with Crippen molar-refractivity contribution in [1.29, 1.82) is 5.26 Å². The van der Waals surface area contributed by atoms with Gasteiger partial charge in [-0.2, -0.15) is 14.9 Å². The average molecular weight is 682 g/mol. The number of oxazole rings is 1. The van der Waals surface area contributed by atoms with Crippen LogP contribution in [0.5, 0.6) is 0 Å². The van der Waals surface area contributed by atoms with Crippen LogP contribution in [-0.4, -0.2) is 56.8 Å². The summed E-state index contributed by atoms with van der Waals surface area (Å²) in [5.41, 5.74) is 10.6. The number of benzene rings is 3. The highest BCUT2D eigenvalue weighted by molar-refractivity contribution is 5.91. The largest absolute Gasteiger partial charge is 0.435 e. The molecule has 1 fully saturated rings. The van der Waals surface area contributed by atoms with E-state index in [-0.39, 0.29) is 6.15 Å². The number of nitriles is 1. The Morgan fingerprint density at radius 3 is 2.43 bits per heavy atom. The number of anilines is 2. The SMILES string of the molecule is Cc1c(Nc2nccc3cc(CN4CCCC4)cnc23)cccc1-c1cccc(-c2nc3cc(CNC[C@H](C)O)cc(C#N)c3o2)c1C.O=C=O. The summed E-state index contributed by atoms with van der Waals surface area (Å²) in [7, 11) is 0. The quantitative estimate of drug-likeness (QED) is 0.139. The molecule has 1 aliphatic heterocycles. The van der Waals surface area contributed by atoms with E-state index < -0.39 is 6.10 Å². The number of hydrogen-bond acceptors (Lipinski definition) is 11. The second-order valence-corrected chi connectivity index (χ2v) is 12.8. The number of nitrogens with zero attached hydrogens (tertiary/aromatic N) is 5. The molecule has 11 heteroatoms. The topological polar surface area (TPSA) is 157 Å². The first-order valence-electron chi connectivity index (χ1n) is 16.9. The summed E-state index contributed by atoms with van der Waals surface area (Å²) in [4.78, 5) is 33.1. The molecule has 3 N–H and O–H groups in total. The molecule has 11 nitrogen and oxygen atoms in total. The zero-order chi connectivity index (χ0) is 35.9. The maximum absolute atomic E-state index is 9.87. The second-order valence-electron chi connectivity index (χ2n) is 12.8. The van der Waals surface area contributed by atoms with Crippen LogP contribution in [0.2, 0.25) is 0 Å². The van der Waals surface area contributed by atoms with Gasteiger partial charge < -0.3 is 20.2 Å². The van der Waals surface area contributed by atoms with Crippen molar-refractivity contribution in [2.75, 3.05) is 25.0 Å². The normalized spacial score (nSPS) is 13.4. The molecular formula is C40H39N7O4. The van der Waals surface area contributed by atoms with Crippen LogP contribution in [-0.2, 0) is 22.7 Å². The lowest BCUT2D eigenvalue weighted by molar-refractivity contribution is -0.191. The molecule has 7 rings (SSSR count). The van der Waals surface area contributed by atoms with Gasteiger partial charge >= 0.3 is 6.15 Å². The summed E-state index contributed by atoms with van der Waals surface area (Å²) < 4.78 is 6.24. The highest BCUT2D eigenvalue weighted by Gasteiger charge is 2.19. The molecule has 0 amide bonds. The molecule has 3 aromatic carbocycles. The summed E-state index contributed by atoms with van der Waals surface area (Å²) in [6, 6.07) is 22.6. The molecule has 0 bridgehead atoms. The van der Waals surface area contributed by atoms with Gasteiger partial charge in [0.2, 0.25) is 5.89 Å². The third kappa shape index (κ3) is 7.86. The van der Waals surface area contributed by atoms with E-state index in [1.807, 2.05) is 42.7 Å². The zero-order valence-electron chi connectivity index (χ0n) is 28.9. The monoisotopic (exact) mass is 681 g/mol. The van der Waals surface area contributed by atoms with Crippen molar-refractivity contribution in [3.05, 3.63) is 101 Å². The van der Waals surface area contributed by atoms with E-state index in [9.17, 15) is 10.4 Å². The van der Waals surface area contributed by atoms with E-state index in [1.165, 1.54) is 18.4 Å². The number of rotatable bonds is 10. The van der Waals surface area contributed by atoms with Gasteiger partial charge in [0.05, 0.1) is 11.7 Å². The Morgan fingerprint density at radius 2 is 1.69 bits per heavy atom. The fourth-order valence-electron chi connectivity index (χ4n) is 6.65. The number of aliphatic hydroxyl groups is 1. The Hall–Kier alpha value is -5.76. The van der Waals surface area contributed by atoms with Gasteiger partial charge in [-0.1, -0.05) is 24.3 Å². The maximum atomic E-state index is 9.87. The molecule has 0 spiro atoms. The molecule has 51 heavy (non-hydrogen) atoms. The predicted octanol–water partition coefficient (Wildman–Crippen LogP) is 6.82. The van der Waals surface area contributed by atoms with E-state index in [0.29, 0.717) is 35.6 Å². The van der Waals surface area contributed by atoms with Crippen molar-refractivity contribution in [3.8, 4) is 28.7 Å². The zero-order valence-corrected chi connectivity index (χ0v) is 28.9. The van der Waals surface area contributed by atoms with Crippen LogP contribution >= 0.6 is 0 Å². The summed E-state index contributed by atoms with van der Waals surface area (Å²) in [5.74, 6) is 1.20. The number of nitrogens with one attached hydrogen (secondary N) is 2. The van der Waals surface area contributed by atoms with Gasteiger partial charge in [0.25, 0.3) is 0 Å². The molecule has 258 valence electrons. The van der Waals surface area contributed by atoms with Gasteiger partial charge in [-0.3, -0.25) is 9.88 Å². The Balaban J connectivity index is 0.00000144. The third-order valence-electron chi connectivity index (χ3n) is 9.14. The molecule has 0 aliphatic carbocycles. The Kier molecular flexibility index (Phi) is 10.9. The standard InChI is InChI=1S/C39H39N7O2.CO2/c1-24(47)20-41-21-27-16-30(19-40)37-35(18-27)45-39(48-37)33-10-6-8-31(25(33)2)32-9-7-11-34(26(32)3)44-38-36-29(12-13-42-38)17-28(22-43-36)23-46-14-4-5-15-46;2-1-3/h6-13,16-18,22,24,41,47H,4-5,14-15,20-21,23H2,1-3H3,(H,42,44);/t24-;/m0./s1. The van der Waals surface area contributed by atoms with Crippen molar-refractivity contribution >= 4 is 39.7 Å². The third-order valence-corrected chi connectivity index (χ3v) is 9.14. The molecule has 1 atom stereocenters. The van der Waals surface area contributed by atoms with Crippen LogP contribution < -0.4 is 10.6 Å². The summed E-state index contributed by atoms with van der Waals surface area (Å²) in [6.07, 6.45) is 6.15. The minimum absolute atomic E-state index is 0.250. The molecule has 0 radical (unpaired) electrons. The molecule has 0 saturated carbocycles.